The number of rotatable bonds is 5. The first-order valence-corrected chi connectivity index (χ1v) is 11.2. The molecule has 8 nitrogen and oxygen atoms in total. The summed E-state index contributed by atoms with van der Waals surface area (Å²) < 4.78 is 6.76. The lowest BCUT2D eigenvalue weighted by molar-refractivity contribution is 0.0972. The predicted octanol–water partition coefficient (Wildman–Crippen LogP) is 3.09. The Morgan fingerprint density at radius 1 is 1.03 bits per heavy atom. The highest BCUT2D eigenvalue weighted by atomic mass is 16.5. The van der Waals surface area contributed by atoms with Gasteiger partial charge < -0.3 is 20.3 Å². The number of hydrogen-bond donors (Lipinski definition) is 1. The van der Waals surface area contributed by atoms with Crippen LogP contribution in [0.15, 0.2) is 42.5 Å². The molecule has 0 aliphatic carbocycles. The Kier molecular flexibility index (Phi) is 5.28. The van der Waals surface area contributed by atoms with Gasteiger partial charge in [0.15, 0.2) is 5.69 Å². The summed E-state index contributed by atoms with van der Waals surface area (Å²) in [7, 11) is 1.59. The Labute approximate surface area is 192 Å². The fourth-order valence-corrected chi connectivity index (χ4v) is 4.83. The topological polar surface area (TPSA) is 93.7 Å². The number of hydrogen-bond acceptors (Lipinski definition) is 5. The van der Waals surface area contributed by atoms with Crippen molar-refractivity contribution in [2.75, 3.05) is 36.5 Å². The molecule has 2 amide bonds. The van der Waals surface area contributed by atoms with Gasteiger partial charge in [0, 0.05) is 36.6 Å². The minimum absolute atomic E-state index is 0.148. The molecule has 8 heteroatoms. The standard InChI is InChI=1S/C25H27N5O3/c1-16-15-18(7-10-21(16)28-12-3-4-13-28)29-14-11-20-22(24(26)31)27-30(23(20)25(29)32)17-5-8-19(33-2)9-6-17/h5-10,15H,3-4,11-14H2,1-2H3,(H2,26,31). The van der Waals surface area contributed by atoms with Crippen LogP contribution in [0.3, 0.4) is 0 Å². The van der Waals surface area contributed by atoms with Crippen LogP contribution in [0.25, 0.3) is 5.69 Å². The van der Waals surface area contributed by atoms with Gasteiger partial charge >= 0.3 is 0 Å². The van der Waals surface area contributed by atoms with Crippen molar-refractivity contribution in [3.63, 3.8) is 0 Å². The van der Waals surface area contributed by atoms with E-state index in [1.165, 1.54) is 23.2 Å². The van der Waals surface area contributed by atoms with Gasteiger partial charge in [-0.15, -0.1) is 0 Å². The second-order valence-corrected chi connectivity index (χ2v) is 8.52. The van der Waals surface area contributed by atoms with Crippen LogP contribution in [0.5, 0.6) is 5.75 Å². The Balaban J connectivity index is 1.54. The fraction of sp³-hybridized carbons (Fsp3) is 0.320. The average molecular weight is 446 g/mol. The average Bonchev–Trinajstić information content (AvgIpc) is 3.48. The maximum atomic E-state index is 13.7. The lowest BCUT2D eigenvalue weighted by Gasteiger charge is -2.29. The molecule has 0 radical (unpaired) electrons. The van der Waals surface area contributed by atoms with Gasteiger partial charge in [-0.3, -0.25) is 9.59 Å². The van der Waals surface area contributed by atoms with Crippen molar-refractivity contribution in [1.82, 2.24) is 9.78 Å². The minimum Gasteiger partial charge on any atom is -0.497 e. The molecule has 3 heterocycles. The van der Waals surface area contributed by atoms with Gasteiger partial charge in [0.05, 0.1) is 12.8 Å². The van der Waals surface area contributed by atoms with E-state index in [1.807, 2.05) is 6.07 Å². The number of amides is 2. The summed E-state index contributed by atoms with van der Waals surface area (Å²) in [6.07, 6.45) is 2.93. The molecule has 0 spiro atoms. The van der Waals surface area contributed by atoms with E-state index >= 15 is 0 Å². The molecule has 1 saturated heterocycles. The summed E-state index contributed by atoms with van der Waals surface area (Å²) in [6, 6.07) is 13.4. The third kappa shape index (κ3) is 3.61. The number of benzene rings is 2. The van der Waals surface area contributed by atoms with Crippen molar-refractivity contribution >= 4 is 23.2 Å². The van der Waals surface area contributed by atoms with Gasteiger partial charge in [-0.25, -0.2) is 4.68 Å². The Morgan fingerprint density at radius 3 is 2.36 bits per heavy atom. The zero-order chi connectivity index (χ0) is 23.1. The lowest BCUT2D eigenvalue weighted by atomic mass is 10.0. The molecule has 2 aliphatic heterocycles. The Hall–Kier alpha value is -3.81. The van der Waals surface area contributed by atoms with Crippen molar-refractivity contribution in [2.45, 2.75) is 26.2 Å². The van der Waals surface area contributed by atoms with Crippen molar-refractivity contribution in [1.29, 1.82) is 0 Å². The summed E-state index contributed by atoms with van der Waals surface area (Å²) in [5.41, 5.74) is 10.6. The molecular formula is C25H27N5O3. The number of aromatic nitrogens is 2. The van der Waals surface area contributed by atoms with Gasteiger partial charge in [-0.2, -0.15) is 5.10 Å². The molecule has 0 saturated carbocycles. The molecule has 2 aromatic carbocycles. The van der Waals surface area contributed by atoms with Crippen LogP contribution >= 0.6 is 0 Å². The van der Waals surface area contributed by atoms with Gasteiger partial charge in [0.25, 0.3) is 11.8 Å². The molecule has 3 aromatic rings. The smallest absolute Gasteiger partial charge is 0.277 e. The number of nitrogens with zero attached hydrogens (tertiary/aromatic N) is 4. The van der Waals surface area contributed by atoms with E-state index in [4.69, 9.17) is 10.5 Å². The summed E-state index contributed by atoms with van der Waals surface area (Å²) in [5, 5.41) is 4.43. The van der Waals surface area contributed by atoms with Gasteiger partial charge in [0.1, 0.15) is 11.4 Å². The summed E-state index contributed by atoms with van der Waals surface area (Å²) in [6.45, 7) is 4.69. The number of primary amides is 1. The maximum Gasteiger partial charge on any atom is 0.277 e. The van der Waals surface area contributed by atoms with Gasteiger partial charge in [-0.05, 0) is 74.2 Å². The first kappa shape index (κ1) is 21.1. The number of aryl methyl sites for hydroxylation is 1. The van der Waals surface area contributed by atoms with Crippen LogP contribution in [0.1, 0.15) is 44.9 Å². The van der Waals surface area contributed by atoms with Crippen LogP contribution in [0.4, 0.5) is 11.4 Å². The van der Waals surface area contributed by atoms with Gasteiger partial charge in [-0.1, -0.05) is 0 Å². The zero-order valence-electron chi connectivity index (χ0n) is 18.9. The molecule has 5 rings (SSSR count). The van der Waals surface area contributed by atoms with Crippen molar-refractivity contribution in [3.05, 3.63) is 65.0 Å². The maximum absolute atomic E-state index is 13.7. The van der Waals surface area contributed by atoms with E-state index in [9.17, 15) is 9.59 Å². The third-order valence-corrected chi connectivity index (χ3v) is 6.51. The molecule has 0 bridgehead atoms. The third-order valence-electron chi connectivity index (χ3n) is 6.51. The minimum atomic E-state index is -0.634. The highest BCUT2D eigenvalue weighted by Gasteiger charge is 2.34. The summed E-state index contributed by atoms with van der Waals surface area (Å²) in [5.74, 6) is -0.137. The van der Waals surface area contributed by atoms with E-state index in [0.717, 1.165) is 24.3 Å². The molecular weight excluding hydrogens is 418 g/mol. The molecule has 2 aliphatic rings. The number of carbonyl (C=O) groups excluding carboxylic acids is 2. The van der Waals surface area contributed by atoms with Crippen LogP contribution in [-0.2, 0) is 6.42 Å². The quantitative estimate of drug-likeness (QED) is 0.651. The molecule has 1 fully saturated rings. The van der Waals surface area contributed by atoms with Gasteiger partial charge in [0.2, 0.25) is 0 Å². The summed E-state index contributed by atoms with van der Waals surface area (Å²) in [4.78, 5) is 29.9. The normalized spacial score (nSPS) is 15.6. The number of fused-ring (bicyclic) bond motifs is 1. The zero-order valence-corrected chi connectivity index (χ0v) is 18.9. The second-order valence-electron chi connectivity index (χ2n) is 8.52. The van der Waals surface area contributed by atoms with Crippen molar-refractivity contribution in [2.24, 2.45) is 5.73 Å². The molecule has 170 valence electrons. The lowest BCUT2D eigenvalue weighted by Crippen LogP contribution is -2.39. The van der Waals surface area contributed by atoms with Crippen LogP contribution in [-0.4, -0.2) is 48.3 Å². The number of nitrogens with two attached hydrogens (primary N) is 1. The predicted molar refractivity (Wildman–Crippen MR) is 127 cm³/mol. The fourth-order valence-electron chi connectivity index (χ4n) is 4.83. The highest BCUT2D eigenvalue weighted by molar-refractivity contribution is 6.09. The molecule has 0 unspecified atom stereocenters. The van der Waals surface area contributed by atoms with Crippen LogP contribution < -0.4 is 20.3 Å². The number of anilines is 2. The second kappa shape index (κ2) is 8.27. The Morgan fingerprint density at radius 2 is 1.73 bits per heavy atom. The van der Waals surface area contributed by atoms with Crippen molar-refractivity contribution < 1.29 is 14.3 Å². The highest BCUT2D eigenvalue weighted by Crippen LogP contribution is 2.32. The van der Waals surface area contributed by atoms with E-state index < -0.39 is 5.91 Å². The summed E-state index contributed by atoms with van der Waals surface area (Å²) >= 11 is 0. The largest absolute Gasteiger partial charge is 0.497 e. The van der Waals surface area contributed by atoms with E-state index in [1.54, 1.807) is 36.3 Å². The number of methoxy groups -OCH3 is 1. The first-order valence-electron chi connectivity index (χ1n) is 11.2. The molecule has 0 atom stereocenters. The van der Waals surface area contributed by atoms with E-state index in [-0.39, 0.29) is 11.6 Å². The van der Waals surface area contributed by atoms with Crippen molar-refractivity contribution in [3.8, 4) is 11.4 Å². The van der Waals surface area contributed by atoms with Crippen LogP contribution in [0.2, 0.25) is 0 Å². The first-order chi connectivity index (χ1) is 16.0. The SMILES string of the molecule is COc1ccc(-n2nc(C(N)=O)c3c2C(=O)N(c2ccc(N4CCCC4)c(C)c2)CC3)cc1. The monoisotopic (exact) mass is 445 g/mol. The van der Waals surface area contributed by atoms with Crippen LogP contribution in [0, 0.1) is 6.92 Å². The number of carbonyl (C=O) groups is 2. The Bertz CT molecular complexity index is 1230. The number of ether oxygens (including phenoxy) is 1. The van der Waals surface area contributed by atoms with E-state index in [2.05, 4.69) is 29.1 Å². The molecule has 33 heavy (non-hydrogen) atoms. The molecule has 2 N–H and O–H groups in total. The van der Waals surface area contributed by atoms with E-state index in [0.29, 0.717) is 35.7 Å². The molecule has 1 aromatic heterocycles.